The number of sulfone groups is 1. The first kappa shape index (κ1) is 31.3. The zero-order valence-corrected chi connectivity index (χ0v) is 26.7. The van der Waals surface area contributed by atoms with Crippen LogP contribution in [0, 0.1) is 0 Å². The van der Waals surface area contributed by atoms with Gasteiger partial charge >= 0.3 is 5.97 Å². The number of rotatable bonds is 9. The molecule has 226 valence electrons. The van der Waals surface area contributed by atoms with Crippen LogP contribution in [0.15, 0.2) is 101 Å². The van der Waals surface area contributed by atoms with Gasteiger partial charge in [0.1, 0.15) is 23.9 Å². The van der Waals surface area contributed by atoms with E-state index in [0.717, 1.165) is 5.69 Å². The lowest BCUT2D eigenvalue weighted by Crippen LogP contribution is -2.49. The van der Waals surface area contributed by atoms with Gasteiger partial charge in [0.2, 0.25) is 0 Å². The molecule has 43 heavy (non-hydrogen) atoms. The van der Waals surface area contributed by atoms with Crippen molar-refractivity contribution < 1.29 is 17.9 Å². The first-order valence-corrected chi connectivity index (χ1v) is 16.6. The van der Waals surface area contributed by atoms with Crippen molar-refractivity contribution in [3.8, 4) is 0 Å². The predicted octanol–water partition coefficient (Wildman–Crippen LogP) is 6.08. The number of likely N-dealkylation sites (N-methyl/N-ethyl adjacent to an activating group) is 1. The predicted molar refractivity (Wildman–Crippen MR) is 173 cm³/mol. The highest BCUT2D eigenvalue weighted by Crippen LogP contribution is 2.39. The van der Waals surface area contributed by atoms with Crippen LogP contribution in [0.2, 0.25) is 10.0 Å². The van der Waals surface area contributed by atoms with Gasteiger partial charge in [-0.25, -0.2) is 13.2 Å². The smallest absolute Gasteiger partial charge is 0.336 e. The van der Waals surface area contributed by atoms with E-state index in [0.29, 0.717) is 59.7 Å². The van der Waals surface area contributed by atoms with Crippen LogP contribution in [0.5, 0.6) is 0 Å². The molecule has 0 amide bonds. The molecule has 0 aliphatic carbocycles. The van der Waals surface area contributed by atoms with Crippen molar-refractivity contribution in [1.29, 1.82) is 0 Å². The number of benzene rings is 3. The standard InChI is InChI=1S/C33H35Cl2N3O4S/c1-24-27(33(39)42-18-16-37(21-25-10-5-3-6-11-25)22-26-12-7-4-8-13-26)20-31-29(36-24)23-38(2,17-19-43(31,40)41)30-15-9-14-28(34)32(30)35/h3-15H,16-23H2,1-2H3/p+1. The van der Waals surface area contributed by atoms with E-state index < -0.39 is 15.8 Å². The number of dihydropyridines is 1. The Morgan fingerprint density at radius 2 is 1.58 bits per heavy atom. The summed E-state index contributed by atoms with van der Waals surface area (Å²) in [5, 5.41) is 4.08. The van der Waals surface area contributed by atoms with Gasteiger partial charge in [0.25, 0.3) is 0 Å². The molecule has 1 atom stereocenters. The summed E-state index contributed by atoms with van der Waals surface area (Å²) in [6, 6.07) is 25.7. The SMILES string of the molecule is CC1=C(C(=O)OCCN(Cc2ccccc2)Cc2ccccc2)CC2=C(C[N+](C)(c3cccc(Cl)c3Cl)CCS2(=O)=O)N1. The fraction of sp³-hybridized carbons (Fsp3) is 0.303. The number of nitrogens with zero attached hydrogens (tertiary/aromatic N) is 2. The Kier molecular flexibility index (Phi) is 9.63. The highest BCUT2D eigenvalue weighted by Gasteiger charge is 2.41. The van der Waals surface area contributed by atoms with Gasteiger partial charge < -0.3 is 10.1 Å². The van der Waals surface area contributed by atoms with E-state index in [4.69, 9.17) is 27.9 Å². The number of halogens is 2. The molecule has 0 radical (unpaired) electrons. The second kappa shape index (κ2) is 13.2. The molecular formula is C33H36Cl2N3O4S+. The zero-order valence-electron chi connectivity index (χ0n) is 24.4. The van der Waals surface area contributed by atoms with E-state index in [-0.39, 0.29) is 28.2 Å². The summed E-state index contributed by atoms with van der Waals surface area (Å²) < 4.78 is 33.0. The molecule has 0 aromatic heterocycles. The molecule has 2 heterocycles. The largest absolute Gasteiger partial charge is 0.461 e. The van der Waals surface area contributed by atoms with Crippen molar-refractivity contribution in [2.24, 2.45) is 0 Å². The maximum atomic E-state index is 13.5. The van der Waals surface area contributed by atoms with E-state index in [9.17, 15) is 13.2 Å². The van der Waals surface area contributed by atoms with Crippen LogP contribution < -0.4 is 9.80 Å². The molecule has 3 aromatic rings. The van der Waals surface area contributed by atoms with Crippen molar-refractivity contribution in [3.05, 3.63) is 122 Å². The number of hydrogen-bond acceptors (Lipinski definition) is 6. The fourth-order valence-corrected chi connectivity index (χ4v) is 7.91. The van der Waals surface area contributed by atoms with Crippen LogP contribution in [-0.2, 0) is 32.5 Å². The Bertz CT molecular complexity index is 1620. The lowest BCUT2D eigenvalue weighted by molar-refractivity contribution is -0.139. The van der Waals surface area contributed by atoms with Gasteiger partial charge in [-0.3, -0.25) is 9.38 Å². The third-order valence-corrected chi connectivity index (χ3v) is 10.8. The minimum Gasteiger partial charge on any atom is -0.461 e. The third kappa shape index (κ3) is 7.33. The molecule has 2 aliphatic rings. The number of quaternary nitrogens is 1. The highest BCUT2D eigenvalue weighted by molar-refractivity contribution is 7.95. The van der Waals surface area contributed by atoms with Crippen LogP contribution in [0.3, 0.4) is 0 Å². The van der Waals surface area contributed by atoms with E-state index in [1.54, 1.807) is 13.0 Å². The van der Waals surface area contributed by atoms with Crippen molar-refractivity contribution in [3.63, 3.8) is 0 Å². The number of nitrogens with one attached hydrogen (secondary N) is 1. The number of carbonyl (C=O) groups excluding carboxylic acids is 1. The van der Waals surface area contributed by atoms with Crippen LogP contribution >= 0.6 is 23.2 Å². The summed E-state index contributed by atoms with van der Waals surface area (Å²) >= 11 is 12.9. The molecule has 7 nitrogen and oxygen atoms in total. The molecule has 5 rings (SSSR count). The molecule has 0 bridgehead atoms. The number of allylic oxidation sites excluding steroid dienone is 2. The second-order valence-corrected chi connectivity index (χ2v) is 14.2. The Morgan fingerprint density at radius 3 is 2.21 bits per heavy atom. The molecule has 0 saturated heterocycles. The normalized spacial score (nSPS) is 19.9. The minimum atomic E-state index is -3.64. The highest BCUT2D eigenvalue weighted by atomic mass is 35.5. The van der Waals surface area contributed by atoms with Gasteiger partial charge in [0.05, 0.1) is 34.8 Å². The summed E-state index contributed by atoms with van der Waals surface area (Å²) in [5.41, 5.74) is 4.58. The fourth-order valence-electron chi connectivity index (χ4n) is 5.66. The summed E-state index contributed by atoms with van der Waals surface area (Å²) in [6.07, 6.45) is -0.00361. The quantitative estimate of drug-likeness (QED) is 0.226. The Hall–Kier alpha value is -3.14. The first-order chi connectivity index (χ1) is 20.6. The monoisotopic (exact) mass is 640 g/mol. The molecule has 3 aromatic carbocycles. The molecule has 1 unspecified atom stereocenters. The minimum absolute atomic E-state index is 0.00361. The van der Waals surface area contributed by atoms with Gasteiger partial charge in [-0.05, 0) is 24.1 Å². The van der Waals surface area contributed by atoms with Crippen LogP contribution in [0.4, 0.5) is 5.69 Å². The van der Waals surface area contributed by atoms with Crippen molar-refractivity contribution in [2.75, 3.05) is 39.0 Å². The van der Waals surface area contributed by atoms with Gasteiger partial charge in [-0.1, -0.05) is 89.9 Å². The molecular weight excluding hydrogens is 605 g/mol. The van der Waals surface area contributed by atoms with E-state index >= 15 is 0 Å². The average molecular weight is 642 g/mol. The Morgan fingerprint density at radius 1 is 0.953 bits per heavy atom. The first-order valence-electron chi connectivity index (χ1n) is 14.2. The molecule has 10 heteroatoms. The van der Waals surface area contributed by atoms with Crippen LogP contribution in [0.25, 0.3) is 0 Å². The topological polar surface area (TPSA) is 75.7 Å². The summed E-state index contributed by atoms with van der Waals surface area (Å²) in [6.45, 7) is 4.58. The maximum absolute atomic E-state index is 13.5. The second-order valence-electron chi connectivity index (χ2n) is 11.3. The lowest BCUT2D eigenvalue weighted by Gasteiger charge is -2.35. The molecule has 0 fully saturated rings. The Balaban J connectivity index is 1.28. The summed E-state index contributed by atoms with van der Waals surface area (Å²) in [5.74, 6) is -0.590. The van der Waals surface area contributed by atoms with Gasteiger partial charge in [-0.2, -0.15) is 0 Å². The molecule has 1 N–H and O–H groups in total. The van der Waals surface area contributed by atoms with Gasteiger partial charge in [0, 0.05) is 37.8 Å². The lowest BCUT2D eigenvalue weighted by atomic mass is 10.0. The van der Waals surface area contributed by atoms with Crippen molar-refractivity contribution in [2.45, 2.75) is 26.4 Å². The van der Waals surface area contributed by atoms with Crippen molar-refractivity contribution in [1.82, 2.24) is 14.7 Å². The molecule has 0 saturated carbocycles. The number of ether oxygens (including phenoxy) is 1. The van der Waals surface area contributed by atoms with E-state index in [2.05, 4.69) is 34.5 Å². The van der Waals surface area contributed by atoms with E-state index in [1.807, 2.05) is 55.6 Å². The van der Waals surface area contributed by atoms with Crippen LogP contribution in [0.1, 0.15) is 24.5 Å². The zero-order chi connectivity index (χ0) is 30.6. The van der Waals surface area contributed by atoms with Gasteiger partial charge in [0.15, 0.2) is 15.5 Å². The van der Waals surface area contributed by atoms with Crippen molar-refractivity contribution >= 4 is 44.7 Å². The maximum Gasteiger partial charge on any atom is 0.336 e. The average Bonchev–Trinajstić information content (AvgIpc) is 3.08. The Labute approximate surface area is 263 Å². The molecule has 0 spiro atoms. The van der Waals surface area contributed by atoms with E-state index in [1.165, 1.54) is 11.1 Å². The third-order valence-electron chi connectivity index (χ3n) is 8.10. The number of esters is 1. The summed E-state index contributed by atoms with van der Waals surface area (Å²) in [7, 11) is -1.69. The van der Waals surface area contributed by atoms with Gasteiger partial charge in [-0.15, -0.1) is 0 Å². The number of carbonyl (C=O) groups is 1. The summed E-state index contributed by atoms with van der Waals surface area (Å²) in [4.78, 5) is 15.8. The number of hydrogen-bond donors (Lipinski definition) is 1. The molecule has 2 aliphatic heterocycles. The van der Waals surface area contributed by atoms with Crippen LogP contribution in [-0.4, -0.2) is 58.3 Å².